The molecule has 0 unspecified atom stereocenters. The molecule has 0 radical (unpaired) electrons. The van der Waals surface area contributed by atoms with Crippen molar-refractivity contribution in [2.24, 2.45) is 0 Å². The summed E-state index contributed by atoms with van der Waals surface area (Å²) in [6.07, 6.45) is 5.80. The maximum absolute atomic E-state index is 12.5. The first-order valence-corrected chi connectivity index (χ1v) is 10.2. The molecule has 3 rings (SSSR count). The van der Waals surface area contributed by atoms with E-state index in [0.29, 0.717) is 24.5 Å². The Labute approximate surface area is 182 Å². The molecule has 0 aliphatic carbocycles. The lowest BCUT2D eigenvalue weighted by molar-refractivity contribution is -0.116. The molecule has 2 aromatic carbocycles. The van der Waals surface area contributed by atoms with E-state index < -0.39 is 0 Å². The number of fused-ring (bicyclic) bond motifs is 1. The Morgan fingerprint density at radius 2 is 1.97 bits per heavy atom. The molecular formula is C24H25ClN4O. The number of rotatable bonds is 8. The van der Waals surface area contributed by atoms with Gasteiger partial charge in [-0.05, 0) is 37.9 Å². The van der Waals surface area contributed by atoms with Crippen LogP contribution in [0.2, 0.25) is 5.02 Å². The predicted molar refractivity (Wildman–Crippen MR) is 122 cm³/mol. The molecule has 0 saturated heterocycles. The van der Waals surface area contributed by atoms with E-state index in [1.807, 2.05) is 79.8 Å². The number of aromatic nitrogens is 1. The fourth-order valence-corrected chi connectivity index (χ4v) is 3.76. The molecule has 3 aromatic rings. The number of carbonyl (C=O) groups excluding carboxylic acids is 1. The van der Waals surface area contributed by atoms with Crippen LogP contribution in [0, 0.1) is 11.3 Å². The van der Waals surface area contributed by atoms with Gasteiger partial charge in [0.15, 0.2) is 0 Å². The molecule has 0 aliphatic heterocycles. The molecule has 1 amide bonds. The summed E-state index contributed by atoms with van der Waals surface area (Å²) < 4.78 is 2.05. The molecule has 30 heavy (non-hydrogen) atoms. The van der Waals surface area contributed by atoms with Gasteiger partial charge < -0.3 is 14.8 Å². The van der Waals surface area contributed by atoms with Gasteiger partial charge in [0.25, 0.3) is 0 Å². The zero-order valence-electron chi connectivity index (χ0n) is 17.2. The summed E-state index contributed by atoms with van der Waals surface area (Å²) in [6.45, 7) is 1.07. The van der Waals surface area contributed by atoms with Crippen molar-refractivity contribution in [2.75, 3.05) is 20.6 Å². The van der Waals surface area contributed by atoms with Crippen LogP contribution in [0.4, 0.5) is 0 Å². The minimum Gasteiger partial charge on any atom is -0.351 e. The van der Waals surface area contributed by atoms with Crippen molar-refractivity contribution >= 4 is 34.5 Å². The normalized spacial score (nSPS) is 12.4. The minimum absolute atomic E-state index is 0.0241. The summed E-state index contributed by atoms with van der Waals surface area (Å²) >= 11 is 6.34. The number of carbonyl (C=O) groups is 1. The first-order chi connectivity index (χ1) is 14.5. The molecule has 0 spiro atoms. The summed E-state index contributed by atoms with van der Waals surface area (Å²) in [4.78, 5) is 14.5. The highest BCUT2D eigenvalue weighted by Crippen LogP contribution is 2.25. The lowest BCUT2D eigenvalue weighted by atomic mass is 10.1. The summed E-state index contributed by atoms with van der Waals surface area (Å²) in [5.74, 6) is -0.164. The van der Waals surface area contributed by atoms with Crippen LogP contribution < -0.4 is 5.32 Å². The molecule has 1 heterocycles. The Balaban J connectivity index is 1.72. The number of hydrogen-bond donors (Lipinski definition) is 1. The number of hydrogen-bond acceptors (Lipinski definition) is 3. The second-order valence-corrected chi connectivity index (χ2v) is 7.69. The summed E-state index contributed by atoms with van der Waals surface area (Å²) in [5.41, 5.74) is 2.99. The van der Waals surface area contributed by atoms with Crippen LogP contribution in [-0.4, -0.2) is 36.0 Å². The molecule has 0 bridgehead atoms. The van der Waals surface area contributed by atoms with Crippen LogP contribution in [-0.2, 0) is 11.3 Å². The second-order valence-electron chi connectivity index (χ2n) is 7.28. The highest BCUT2D eigenvalue weighted by atomic mass is 35.5. The maximum atomic E-state index is 12.5. The third-order valence-electron chi connectivity index (χ3n) is 5.06. The predicted octanol–water partition coefficient (Wildman–Crippen LogP) is 4.64. The fraction of sp³-hybridized carbons (Fsp3) is 0.250. The Morgan fingerprint density at radius 3 is 2.70 bits per heavy atom. The zero-order chi connectivity index (χ0) is 21.5. The van der Waals surface area contributed by atoms with Crippen molar-refractivity contribution in [2.45, 2.75) is 19.0 Å². The lowest BCUT2D eigenvalue weighted by Crippen LogP contribution is -2.33. The molecule has 6 heteroatoms. The van der Waals surface area contributed by atoms with Gasteiger partial charge >= 0.3 is 0 Å². The average Bonchev–Trinajstić information content (AvgIpc) is 3.09. The third-order valence-corrected chi connectivity index (χ3v) is 5.40. The van der Waals surface area contributed by atoms with E-state index in [1.54, 1.807) is 6.08 Å². The topological polar surface area (TPSA) is 61.1 Å². The van der Waals surface area contributed by atoms with Crippen molar-refractivity contribution in [3.8, 4) is 6.07 Å². The van der Waals surface area contributed by atoms with Crippen molar-refractivity contribution in [1.29, 1.82) is 5.26 Å². The monoisotopic (exact) mass is 420 g/mol. The molecule has 0 saturated carbocycles. The van der Waals surface area contributed by atoms with E-state index in [2.05, 4.69) is 16.0 Å². The summed E-state index contributed by atoms with van der Waals surface area (Å²) in [5, 5.41) is 13.6. The SMILES string of the molecule is CN(C)[C@@H](CNC(=O)/C=C/c1cn(CCC#N)c2ccccc12)c1ccccc1Cl. The fourth-order valence-electron chi connectivity index (χ4n) is 3.50. The van der Waals surface area contributed by atoms with Crippen LogP contribution in [0.5, 0.6) is 0 Å². The number of para-hydroxylation sites is 1. The Kier molecular flexibility index (Phi) is 7.29. The van der Waals surface area contributed by atoms with Crippen LogP contribution in [0.3, 0.4) is 0 Å². The first-order valence-electron chi connectivity index (χ1n) is 9.83. The number of benzene rings is 2. The number of likely N-dealkylation sites (N-methyl/N-ethyl adjacent to an activating group) is 1. The Morgan fingerprint density at radius 1 is 1.23 bits per heavy atom. The first kappa shape index (κ1) is 21.6. The average molecular weight is 421 g/mol. The highest BCUT2D eigenvalue weighted by molar-refractivity contribution is 6.31. The summed E-state index contributed by atoms with van der Waals surface area (Å²) in [6, 6.07) is 17.8. The molecule has 1 atom stereocenters. The van der Waals surface area contributed by atoms with Crippen molar-refractivity contribution in [3.05, 3.63) is 77.0 Å². The van der Waals surface area contributed by atoms with Gasteiger partial charge in [0.05, 0.1) is 18.5 Å². The zero-order valence-corrected chi connectivity index (χ0v) is 17.9. The van der Waals surface area contributed by atoms with Crippen molar-refractivity contribution < 1.29 is 4.79 Å². The molecule has 154 valence electrons. The number of nitrogens with one attached hydrogen (secondary N) is 1. The number of amides is 1. The Hall–Kier alpha value is -3.07. The number of nitrogens with zero attached hydrogens (tertiary/aromatic N) is 3. The second kappa shape index (κ2) is 10.1. The van der Waals surface area contributed by atoms with Crippen LogP contribution >= 0.6 is 11.6 Å². The quantitative estimate of drug-likeness (QED) is 0.540. The van der Waals surface area contributed by atoms with Gasteiger partial charge in [0.2, 0.25) is 5.91 Å². The van der Waals surface area contributed by atoms with Crippen LogP contribution in [0.1, 0.15) is 23.6 Å². The molecular weight excluding hydrogens is 396 g/mol. The van der Waals surface area contributed by atoms with Crippen molar-refractivity contribution in [1.82, 2.24) is 14.8 Å². The van der Waals surface area contributed by atoms with E-state index >= 15 is 0 Å². The number of halogens is 1. The lowest BCUT2D eigenvalue weighted by Gasteiger charge is -2.25. The standard InChI is InChI=1S/C24H25ClN4O/c1-28(2)23(20-9-3-5-10-21(20)25)16-27-24(30)13-12-18-17-29(15-7-14-26)22-11-6-4-8-19(18)22/h3-6,8-13,17,23H,7,15-16H2,1-2H3,(H,27,30)/b13-12+/t23-/m0/s1. The summed E-state index contributed by atoms with van der Waals surface area (Å²) in [7, 11) is 3.93. The van der Waals surface area contributed by atoms with Crippen LogP contribution in [0.15, 0.2) is 60.8 Å². The van der Waals surface area contributed by atoms with Crippen LogP contribution in [0.25, 0.3) is 17.0 Å². The van der Waals surface area contributed by atoms with E-state index in [1.165, 1.54) is 0 Å². The molecule has 5 nitrogen and oxygen atoms in total. The van der Waals surface area contributed by atoms with Gasteiger partial charge in [-0.3, -0.25) is 4.79 Å². The van der Waals surface area contributed by atoms with Gasteiger partial charge in [-0.2, -0.15) is 5.26 Å². The van der Waals surface area contributed by atoms with Gasteiger partial charge in [0, 0.05) is 46.9 Å². The van der Waals surface area contributed by atoms with E-state index in [4.69, 9.17) is 16.9 Å². The van der Waals surface area contributed by atoms with Gasteiger partial charge in [-0.1, -0.05) is 48.0 Å². The Bertz CT molecular complexity index is 1090. The molecule has 1 N–H and O–H groups in total. The van der Waals surface area contributed by atoms with Crippen molar-refractivity contribution in [3.63, 3.8) is 0 Å². The largest absolute Gasteiger partial charge is 0.351 e. The maximum Gasteiger partial charge on any atom is 0.244 e. The minimum atomic E-state index is -0.164. The smallest absolute Gasteiger partial charge is 0.244 e. The molecule has 0 fully saturated rings. The van der Waals surface area contributed by atoms with Gasteiger partial charge in [-0.15, -0.1) is 0 Å². The third kappa shape index (κ3) is 5.10. The molecule has 0 aliphatic rings. The number of nitriles is 1. The van der Waals surface area contributed by atoms with Gasteiger partial charge in [-0.25, -0.2) is 0 Å². The number of aryl methyl sites for hydroxylation is 1. The van der Waals surface area contributed by atoms with E-state index in [-0.39, 0.29) is 11.9 Å². The van der Waals surface area contributed by atoms with E-state index in [9.17, 15) is 4.79 Å². The van der Waals surface area contributed by atoms with Gasteiger partial charge in [0.1, 0.15) is 0 Å². The molecule has 1 aromatic heterocycles. The van der Waals surface area contributed by atoms with E-state index in [0.717, 1.165) is 22.0 Å². The highest BCUT2D eigenvalue weighted by Gasteiger charge is 2.17.